The van der Waals surface area contributed by atoms with Gasteiger partial charge in [0.15, 0.2) is 0 Å². The summed E-state index contributed by atoms with van der Waals surface area (Å²) in [4.78, 5) is 0. The van der Waals surface area contributed by atoms with Gasteiger partial charge in [-0.25, -0.2) is 0 Å². The molecule has 1 aliphatic rings. The Morgan fingerprint density at radius 2 is 2.27 bits per heavy atom. The average Bonchev–Trinajstić information content (AvgIpc) is 2.81. The lowest BCUT2D eigenvalue weighted by atomic mass is 10.1. The van der Waals surface area contributed by atoms with Crippen LogP contribution in [0, 0.1) is 0 Å². The van der Waals surface area contributed by atoms with Gasteiger partial charge in [-0.05, 0) is 46.7 Å². The second kappa shape index (κ2) is 5.89. The molecule has 0 amide bonds. The Labute approximate surface area is 99.1 Å². The predicted octanol–water partition coefficient (Wildman–Crippen LogP) is 2.27. The molecule has 2 rings (SSSR count). The van der Waals surface area contributed by atoms with Crippen molar-refractivity contribution < 1.29 is 5.11 Å². The van der Waals surface area contributed by atoms with Crippen molar-refractivity contribution >= 4 is 23.1 Å². The van der Waals surface area contributed by atoms with Gasteiger partial charge in [-0.3, -0.25) is 0 Å². The van der Waals surface area contributed by atoms with Crippen LogP contribution in [0.3, 0.4) is 0 Å². The van der Waals surface area contributed by atoms with Crippen LogP contribution in [-0.4, -0.2) is 29.2 Å². The van der Waals surface area contributed by atoms with Crippen LogP contribution in [0.2, 0.25) is 0 Å². The summed E-state index contributed by atoms with van der Waals surface area (Å²) in [6, 6.07) is 2.60. The van der Waals surface area contributed by atoms with Gasteiger partial charge in [-0.1, -0.05) is 0 Å². The summed E-state index contributed by atoms with van der Waals surface area (Å²) in [5.74, 6) is 2.51. The van der Waals surface area contributed by atoms with Crippen molar-refractivity contribution in [1.29, 1.82) is 0 Å². The maximum absolute atomic E-state index is 9.88. The van der Waals surface area contributed by atoms with E-state index in [0.29, 0.717) is 12.6 Å². The molecule has 2 N–H and O–H groups in total. The van der Waals surface area contributed by atoms with Gasteiger partial charge in [-0.15, -0.1) is 0 Å². The maximum Gasteiger partial charge on any atom is 0.0922 e. The second-order valence-electron chi connectivity index (χ2n) is 3.87. The number of nitrogens with one attached hydrogen (secondary N) is 1. The summed E-state index contributed by atoms with van der Waals surface area (Å²) in [5, 5.41) is 17.4. The number of aliphatic hydroxyl groups is 1. The molecule has 1 aromatic rings. The SMILES string of the molecule is OC(CNC1CCSCC1)c1ccsc1. The molecule has 1 saturated heterocycles. The molecule has 1 unspecified atom stereocenters. The molecule has 4 heteroatoms. The molecule has 0 aliphatic carbocycles. The minimum absolute atomic E-state index is 0.342. The van der Waals surface area contributed by atoms with E-state index in [4.69, 9.17) is 0 Å². The van der Waals surface area contributed by atoms with Gasteiger partial charge >= 0.3 is 0 Å². The Balaban J connectivity index is 1.73. The van der Waals surface area contributed by atoms with Gasteiger partial charge in [-0.2, -0.15) is 23.1 Å². The molecule has 2 heterocycles. The molecule has 2 nitrogen and oxygen atoms in total. The molecule has 1 aliphatic heterocycles. The maximum atomic E-state index is 9.88. The van der Waals surface area contributed by atoms with E-state index < -0.39 is 0 Å². The molecule has 15 heavy (non-hydrogen) atoms. The lowest BCUT2D eigenvalue weighted by Crippen LogP contribution is -2.35. The van der Waals surface area contributed by atoms with Crippen molar-refractivity contribution in [1.82, 2.24) is 5.32 Å². The van der Waals surface area contributed by atoms with Crippen LogP contribution in [-0.2, 0) is 0 Å². The Bertz CT molecular complexity index is 270. The van der Waals surface area contributed by atoms with Crippen LogP contribution in [0.1, 0.15) is 24.5 Å². The summed E-state index contributed by atoms with van der Waals surface area (Å²) in [6.07, 6.45) is 2.13. The Kier molecular flexibility index (Phi) is 4.50. The highest BCUT2D eigenvalue weighted by atomic mass is 32.2. The lowest BCUT2D eigenvalue weighted by molar-refractivity contribution is 0.169. The summed E-state index contributed by atoms with van der Waals surface area (Å²) < 4.78 is 0. The smallest absolute Gasteiger partial charge is 0.0922 e. The van der Waals surface area contributed by atoms with E-state index in [1.54, 1.807) is 11.3 Å². The first kappa shape index (κ1) is 11.5. The third-order valence-corrected chi connectivity index (χ3v) is 4.50. The molecule has 0 spiro atoms. The number of thiophene rings is 1. The van der Waals surface area contributed by atoms with Crippen LogP contribution in [0.4, 0.5) is 0 Å². The molecular formula is C11H17NOS2. The Morgan fingerprint density at radius 3 is 2.93 bits per heavy atom. The molecule has 1 aromatic heterocycles. The highest BCUT2D eigenvalue weighted by molar-refractivity contribution is 7.99. The highest BCUT2D eigenvalue weighted by Crippen LogP contribution is 2.19. The van der Waals surface area contributed by atoms with Gasteiger partial charge in [0.25, 0.3) is 0 Å². The molecule has 0 aromatic carbocycles. The standard InChI is InChI=1S/C11H17NOS2/c13-11(9-1-4-15-8-9)7-12-10-2-5-14-6-3-10/h1,4,8,10-13H,2-3,5-7H2. The number of thioether (sulfide) groups is 1. The van der Waals surface area contributed by atoms with Crippen molar-refractivity contribution in [3.63, 3.8) is 0 Å². The topological polar surface area (TPSA) is 32.3 Å². The number of aliphatic hydroxyl groups excluding tert-OH is 1. The normalized spacial score (nSPS) is 20.3. The third-order valence-electron chi connectivity index (χ3n) is 2.75. The summed E-state index contributed by atoms with van der Waals surface area (Å²) in [5.41, 5.74) is 1.04. The van der Waals surface area contributed by atoms with E-state index in [1.165, 1.54) is 24.3 Å². The zero-order valence-corrected chi connectivity index (χ0v) is 10.3. The van der Waals surface area contributed by atoms with Gasteiger partial charge < -0.3 is 10.4 Å². The predicted molar refractivity (Wildman–Crippen MR) is 67.6 cm³/mol. The van der Waals surface area contributed by atoms with Crippen molar-refractivity contribution in [2.75, 3.05) is 18.1 Å². The van der Waals surface area contributed by atoms with E-state index in [1.807, 2.05) is 28.6 Å². The fourth-order valence-corrected chi connectivity index (χ4v) is 3.58. The monoisotopic (exact) mass is 243 g/mol. The van der Waals surface area contributed by atoms with Gasteiger partial charge in [0, 0.05) is 12.6 Å². The van der Waals surface area contributed by atoms with Crippen molar-refractivity contribution in [3.8, 4) is 0 Å². The average molecular weight is 243 g/mol. The first-order valence-electron chi connectivity index (χ1n) is 5.37. The summed E-state index contributed by atoms with van der Waals surface area (Å²) in [6.45, 7) is 0.687. The molecular weight excluding hydrogens is 226 g/mol. The fraction of sp³-hybridized carbons (Fsp3) is 0.636. The van der Waals surface area contributed by atoms with Gasteiger partial charge in [0.05, 0.1) is 6.10 Å². The Morgan fingerprint density at radius 1 is 1.47 bits per heavy atom. The number of rotatable bonds is 4. The largest absolute Gasteiger partial charge is 0.387 e. The molecule has 0 saturated carbocycles. The Hall–Kier alpha value is -0.0300. The van der Waals surface area contributed by atoms with E-state index in [9.17, 15) is 5.11 Å². The number of hydrogen-bond donors (Lipinski definition) is 2. The minimum Gasteiger partial charge on any atom is -0.387 e. The van der Waals surface area contributed by atoms with Gasteiger partial charge in [0.1, 0.15) is 0 Å². The number of hydrogen-bond acceptors (Lipinski definition) is 4. The zero-order valence-electron chi connectivity index (χ0n) is 8.69. The molecule has 0 bridgehead atoms. The molecule has 0 radical (unpaired) electrons. The minimum atomic E-state index is -0.342. The highest BCUT2D eigenvalue weighted by Gasteiger charge is 2.15. The van der Waals surface area contributed by atoms with Crippen molar-refractivity contribution in [3.05, 3.63) is 22.4 Å². The van der Waals surface area contributed by atoms with Crippen molar-refractivity contribution in [2.24, 2.45) is 0 Å². The summed E-state index contributed by atoms with van der Waals surface area (Å²) >= 11 is 3.67. The second-order valence-corrected chi connectivity index (χ2v) is 5.87. The van der Waals surface area contributed by atoms with E-state index in [2.05, 4.69) is 5.32 Å². The molecule has 1 fully saturated rings. The molecule has 1 atom stereocenters. The van der Waals surface area contributed by atoms with Crippen LogP contribution in [0.5, 0.6) is 0 Å². The summed E-state index contributed by atoms with van der Waals surface area (Å²) in [7, 11) is 0. The first-order valence-corrected chi connectivity index (χ1v) is 7.47. The molecule has 84 valence electrons. The first-order chi connectivity index (χ1) is 7.36. The van der Waals surface area contributed by atoms with Crippen molar-refractivity contribution in [2.45, 2.75) is 25.0 Å². The van der Waals surface area contributed by atoms with E-state index in [-0.39, 0.29) is 6.10 Å². The van der Waals surface area contributed by atoms with Gasteiger partial charge in [0.2, 0.25) is 0 Å². The fourth-order valence-electron chi connectivity index (χ4n) is 1.76. The van der Waals surface area contributed by atoms with Crippen LogP contribution in [0.15, 0.2) is 16.8 Å². The quantitative estimate of drug-likeness (QED) is 0.851. The lowest BCUT2D eigenvalue weighted by Gasteiger charge is -2.23. The van der Waals surface area contributed by atoms with Crippen LogP contribution < -0.4 is 5.32 Å². The van der Waals surface area contributed by atoms with Crippen LogP contribution >= 0.6 is 23.1 Å². The third kappa shape index (κ3) is 3.48. The van der Waals surface area contributed by atoms with Crippen LogP contribution in [0.25, 0.3) is 0 Å². The van der Waals surface area contributed by atoms with E-state index in [0.717, 1.165) is 5.56 Å². The zero-order chi connectivity index (χ0) is 10.5. The van der Waals surface area contributed by atoms with E-state index >= 15 is 0 Å².